The average molecular weight is 652 g/mol. The van der Waals surface area contributed by atoms with E-state index in [0.717, 1.165) is 22.6 Å². The first-order valence-corrected chi connectivity index (χ1v) is 14.8. The molecule has 0 saturated heterocycles. The van der Waals surface area contributed by atoms with Crippen LogP contribution in [-0.2, 0) is 11.4 Å². The lowest BCUT2D eigenvalue weighted by molar-refractivity contribution is -0.385. The predicted octanol–water partition coefficient (Wildman–Crippen LogP) is 6.27. The minimum atomic E-state index is -0.669. The summed E-state index contributed by atoms with van der Waals surface area (Å²) in [5.41, 5.74) is 6.85. The Morgan fingerprint density at radius 3 is 2.38 bits per heavy atom. The summed E-state index contributed by atoms with van der Waals surface area (Å²) in [6.07, 6.45) is 1.20. The molecular weight excluding hydrogens is 618 g/mol. The summed E-state index contributed by atoms with van der Waals surface area (Å²) in [4.78, 5) is 36.3. The number of nitro groups is 1. The minimum absolute atomic E-state index is 0.000863. The topological polar surface area (TPSA) is 159 Å². The first kappa shape index (κ1) is 33.0. The van der Waals surface area contributed by atoms with Crippen molar-refractivity contribution in [1.29, 1.82) is 0 Å². The number of anilines is 1. The van der Waals surface area contributed by atoms with E-state index < -0.39 is 29.0 Å². The second-order valence-electron chi connectivity index (χ2n) is 10.7. The highest BCUT2D eigenvalue weighted by Gasteiger charge is 2.23. The summed E-state index contributed by atoms with van der Waals surface area (Å²) >= 11 is 0. The maximum absolute atomic E-state index is 12.6. The number of benzene rings is 3. The summed E-state index contributed by atoms with van der Waals surface area (Å²) in [5, 5.41) is 18.5. The monoisotopic (exact) mass is 651 g/mol. The van der Waals surface area contributed by atoms with Crippen molar-refractivity contribution in [3.63, 3.8) is 0 Å². The van der Waals surface area contributed by atoms with Gasteiger partial charge in [0.15, 0.2) is 18.1 Å². The molecule has 0 fully saturated rings. The van der Waals surface area contributed by atoms with Crippen molar-refractivity contribution in [3.05, 3.63) is 129 Å². The SMILES string of the molecule is COc1cc(/C=N/NC(=O)c2ccc(COc3ccc(-n4c(C)ccc4C)cc3)o2)cc([N+](=O)[O-])c1OCC(=O)Nc1ccccc1C. The molecule has 5 aromatic rings. The van der Waals surface area contributed by atoms with Crippen LogP contribution in [0.5, 0.6) is 17.2 Å². The Kier molecular flexibility index (Phi) is 10.2. The fourth-order valence-electron chi connectivity index (χ4n) is 4.87. The Morgan fingerprint density at radius 1 is 0.958 bits per heavy atom. The van der Waals surface area contributed by atoms with E-state index in [-0.39, 0.29) is 29.4 Å². The van der Waals surface area contributed by atoms with E-state index in [1.165, 1.54) is 31.5 Å². The first-order chi connectivity index (χ1) is 23.1. The second-order valence-corrected chi connectivity index (χ2v) is 10.7. The van der Waals surface area contributed by atoms with Crippen molar-refractivity contribution < 1.29 is 33.1 Å². The Labute approximate surface area is 275 Å². The summed E-state index contributed by atoms with van der Waals surface area (Å²) < 4.78 is 24.4. The maximum Gasteiger partial charge on any atom is 0.315 e. The molecule has 2 heterocycles. The van der Waals surface area contributed by atoms with Gasteiger partial charge in [-0.2, -0.15) is 5.10 Å². The van der Waals surface area contributed by atoms with E-state index in [2.05, 4.69) is 32.5 Å². The fraction of sp³-hybridized carbons (Fsp3) is 0.171. The number of nitro benzene ring substituents is 1. The Bertz CT molecular complexity index is 1960. The van der Waals surface area contributed by atoms with E-state index in [1.54, 1.807) is 18.2 Å². The van der Waals surface area contributed by atoms with Gasteiger partial charge < -0.3 is 28.5 Å². The van der Waals surface area contributed by atoms with E-state index >= 15 is 0 Å². The van der Waals surface area contributed by atoms with Crippen LogP contribution < -0.4 is 25.0 Å². The second kappa shape index (κ2) is 14.8. The highest BCUT2D eigenvalue weighted by Crippen LogP contribution is 2.38. The molecule has 48 heavy (non-hydrogen) atoms. The molecule has 0 saturated carbocycles. The number of para-hydroxylation sites is 1. The fourth-order valence-corrected chi connectivity index (χ4v) is 4.87. The van der Waals surface area contributed by atoms with E-state index in [1.807, 2.05) is 57.2 Å². The molecule has 0 atom stereocenters. The number of carbonyl (C=O) groups excluding carboxylic acids is 2. The Morgan fingerprint density at radius 2 is 1.69 bits per heavy atom. The van der Waals surface area contributed by atoms with Crippen molar-refractivity contribution in [1.82, 2.24) is 9.99 Å². The van der Waals surface area contributed by atoms with Crippen molar-refractivity contribution in [3.8, 4) is 22.9 Å². The van der Waals surface area contributed by atoms with Crippen molar-refractivity contribution in [2.24, 2.45) is 5.10 Å². The highest BCUT2D eigenvalue weighted by atomic mass is 16.6. The number of nitrogens with zero attached hydrogens (tertiary/aromatic N) is 3. The lowest BCUT2D eigenvalue weighted by atomic mass is 10.2. The number of rotatable bonds is 13. The van der Waals surface area contributed by atoms with Crippen LogP contribution in [0, 0.1) is 30.9 Å². The lowest BCUT2D eigenvalue weighted by Crippen LogP contribution is -2.21. The van der Waals surface area contributed by atoms with E-state index in [0.29, 0.717) is 17.2 Å². The number of nitrogens with one attached hydrogen (secondary N) is 2. The zero-order valence-electron chi connectivity index (χ0n) is 26.7. The van der Waals surface area contributed by atoms with Gasteiger partial charge in [-0.05, 0) is 87.0 Å². The smallest absolute Gasteiger partial charge is 0.315 e. The van der Waals surface area contributed by atoms with E-state index in [4.69, 9.17) is 18.6 Å². The molecule has 246 valence electrons. The zero-order valence-corrected chi connectivity index (χ0v) is 26.7. The first-order valence-electron chi connectivity index (χ1n) is 14.8. The van der Waals surface area contributed by atoms with Gasteiger partial charge in [-0.15, -0.1) is 0 Å². The van der Waals surface area contributed by atoms with Gasteiger partial charge in [-0.25, -0.2) is 5.43 Å². The van der Waals surface area contributed by atoms with Crippen LogP contribution in [0.15, 0.2) is 94.4 Å². The van der Waals surface area contributed by atoms with Crippen LogP contribution in [0.25, 0.3) is 5.69 Å². The van der Waals surface area contributed by atoms with Gasteiger partial charge in [0.05, 0.1) is 18.2 Å². The average Bonchev–Trinajstić information content (AvgIpc) is 3.69. The maximum atomic E-state index is 12.6. The standard InChI is InChI=1S/C35H33N5O8/c1-22-7-5-6-8-29(22)37-33(41)21-47-34-30(40(43)44)17-25(18-32(34)45-4)19-36-38-35(42)31-16-15-28(48-31)20-46-27-13-11-26(12-14-27)39-23(2)9-10-24(39)3/h5-19H,20-21H2,1-4H3,(H,37,41)(H,38,42)/b36-19+. The third-order valence-electron chi connectivity index (χ3n) is 7.25. The molecule has 0 aliphatic heterocycles. The lowest BCUT2D eigenvalue weighted by Gasteiger charge is -2.12. The molecule has 5 rings (SSSR count). The summed E-state index contributed by atoms with van der Waals surface area (Å²) in [7, 11) is 1.31. The molecule has 2 N–H and O–H groups in total. The molecule has 0 unspecified atom stereocenters. The van der Waals surface area contributed by atoms with Gasteiger partial charge in [0, 0.05) is 34.4 Å². The van der Waals surface area contributed by atoms with Gasteiger partial charge in [-0.3, -0.25) is 19.7 Å². The van der Waals surface area contributed by atoms with Gasteiger partial charge in [-0.1, -0.05) is 18.2 Å². The highest BCUT2D eigenvalue weighted by molar-refractivity contribution is 5.93. The number of methoxy groups -OCH3 is 1. The molecule has 0 bridgehead atoms. The van der Waals surface area contributed by atoms with Crippen LogP contribution in [0.2, 0.25) is 0 Å². The van der Waals surface area contributed by atoms with Gasteiger partial charge >= 0.3 is 11.6 Å². The number of furan rings is 1. The van der Waals surface area contributed by atoms with Crippen molar-refractivity contribution >= 4 is 29.4 Å². The molecule has 2 amide bonds. The van der Waals surface area contributed by atoms with Gasteiger partial charge in [0.1, 0.15) is 18.1 Å². The number of hydrogen-bond donors (Lipinski definition) is 2. The molecule has 0 spiro atoms. The van der Waals surface area contributed by atoms with Crippen LogP contribution in [0.1, 0.15) is 38.8 Å². The quantitative estimate of drug-likeness (QED) is 0.0856. The molecule has 13 nitrogen and oxygen atoms in total. The molecule has 0 aliphatic carbocycles. The summed E-state index contributed by atoms with van der Waals surface area (Å²) in [5.74, 6) is -0.309. The third kappa shape index (κ3) is 7.88. The molecule has 3 aromatic carbocycles. The van der Waals surface area contributed by atoms with Crippen LogP contribution in [0.3, 0.4) is 0 Å². The molecule has 2 aromatic heterocycles. The molecule has 0 radical (unpaired) electrons. The van der Waals surface area contributed by atoms with Crippen molar-refractivity contribution in [2.45, 2.75) is 27.4 Å². The molecule has 0 aliphatic rings. The zero-order chi connectivity index (χ0) is 34.2. The van der Waals surface area contributed by atoms with Gasteiger partial charge in [0.25, 0.3) is 5.91 Å². The number of hydrogen-bond acceptors (Lipinski definition) is 9. The molecule has 13 heteroatoms. The number of carbonyl (C=O) groups is 2. The predicted molar refractivity (Wildman–Crippen MR) is 178 cm³/mol. The summed E-state index contributed by atoms with van der Waals surface area (Å²) in [6, 6.07) is 24.7. The number of amides is 2. The Balaban J connectivity index is 1.17. The number of ether oxygens (including phenoxy) is 3. The summed E-state index contributed by atoms with van der Waals surface area (Å²) in [6.45, 7) is 5.53. The molecular formula is C35H33N5O8. The third-order valence-corrected chi connectivity index (χ3v) is 7.25. The normalized spacial score (nSPS) is 10.9. The van der Waals surface area contributed by atoms with Gasteiger partial charge in [0.2, 0.25) is 5.75 Å². The number of hydrazone groups is 1. The van der Waals surface area contributed by atoms with Crippen LogP contribution in [-0.4, -0.2) is 41.2 Å². The largest absolute Gasteiger partial charge is 0.493 e. The number of aromatic nitrogens is 1. The van der Waals surface area contributed by atoms with E-state index in [9.17, 15) is 19.7 Å². The van der Waals surface area contributed by atoms with Crippen LogP contribution >= 0.6 is 0 Å². The minimum Gasteiger partial charge on any atom is -0.493 e. The van der Waals surface area contributed by atoms with Crippen molar-refractivity contribution in [2.75, 3.05) is 19.0 Å². The van der Waals surface area contributed by atoms with Crippen LogP contribution in [0.4, 0.5) is 11.4 Å². The Hall–Kier alpha value is -6.37. The number of aryl methyl sites for hydroxylation is 3.